The van der Waals surface area contributed by atoms with Gasteiger partial charge in [-0.2, -0.15) is 0 Å². The zero-order valence-corrected chi connectivity index (χ0v) is 11.2. The number of hydrogen-bond donors (Lipinski definition) is 1. The summed E-state index contributed by atoms with van der Waals surface area (Å²) in [4.78, 5) is 0. The first-order valence-electron chi connectivity index (χ1n) is 6.42. The Morgan fingerprint density at radius 1 is 1.26 bits per heavy atom. The maximum atomic E-state index is 13.0. The smallest absolute Gasteiger partial charge is 0.220 e. The summed E-state index contributed by atoms with van der Waals surface area (Å²) in [5.41, 5.74) is 0.829. The van der Waals surface area contributed by atoms with Crippen LogP contribution in [0, 0.1) is 5.82 Å². The van der Waals surface area contributed by atoms with Gasteiger partial charge >= 0.3 is 0 Å². The van der Waals surface area contributed by atoms with Crippen molar-refractivity contribution in [2.75, 3.05) is 6.54 Å². The van der Waals surface area contributed by atoms with Crippen molar-refractivity contribution in [1.29, 1.82) is 0 Å². The van der Waals surface area contributed by atoms with Crippen LogP contribution in [-0.4, -0.2) is 22.8 Å². The van der Waals surface area contributed by atoms with E-state index in [2.05, 4.69) is 29.4 Å². The topological polar surface area (TPSA) is 51.0 Å². The van der Waals surface area contributed by atoms with Crippen LogP contribution in [0.2, 0.25) is 0 Å². The first-order chi connectivity index (χ1) is 9.13. The number of nitrogens with one attached hydrogen (secondary N) is 1. The largest absolute Gasteiger partial charge is 0.425 e. The average molecular weight is 263 g/mol. The molecule has 2 rings (SSSR count). The van der Waals surface area contributed by atoms with Crippen LogP contribution >= 0.6 is 0 Å². The molecule has 1 heterocycles. The highest BCUT2D eigenvalue weighted by Crippen LogP contribution is 2.10. The summed E-state index contributed by atoms with van der Waals surface area (Å²) in [7, 11) is 0. The standard InChI is InChI=1S/C14H18FN3O/c1-10(2)16-7-6-13-17-18-14(19-13)9-11-4-3-5-12(15)8-11/h3-5,8,10,16H,6-7,9H2,1-2H3. The van der Waals surface area contributed by atoms with E-state index in [1.807, 2.05) is 6.07 Å². The van der Waals surface area contributed by atoms with Crippen molar-refractivity contribution >= 4 is 0 Å². The van der Waals surface area contributed by atoms with Gasteiger partial charge in [0, 0.05) is 19.0 Å². The van der Waals surface area contributed by atoms with Gasteiger partial charge in [0.05, 0.1) is 6.42 Å². The van der Waals surface area contributed by atoms with E-state index in [0.29, 0.717) is 30.7 Å². The molecule has 5 heteroatoms. The predicted octanol–water partition coefficient (Wildman–Crippen LogP) is 2.34. The minimum Gasteiger partial charge on any atom is -0.425 e. The number of nitrogens with zero attached hydrogens (tertiary/aromatic N) is 2. The van der Waals surface area contributed by atoms with Crippen molar-refractivity contribution in [2.24, 2.45) is 0 Å². The molecule has 0 bridgehead atoms. The molecule has 19 heavy (non-hydrogen) atoms. The molecule has 0 aliphatic carbocycles. The third-order valence-electron chi connectivity index (χ3n) is 2.64. The van der Waals surface area contributed by atoms with E-state index >= 15 is 0 Å². The van der Waals surface area contributed by atoms with E-state index in [1.165, 1.54) is 12.1 Å². The Hall–Kier alpha value is -1.75. The number of benzene rings is 1. The van der Waals surface area contributed by atoms with Gasteiger partial charge in [-0.25, -0.2) is 4.39 Å². The highest BCUT2D eigenvalue weighted by atomic mass is 19.1. The van der Waals surface area contributed by atoms with Crippen molar-refractivity contribution in [3.05, 3.63) is 47.4 Å². The highest BCUT2D eigenvalue weighted by molar-refractivity contribution is 5.19. The molecule has 0 saturated heterocycles. The van der Waals surface area contributed by atoms with Gasteiger partial charge in [-0.15, -0.1) is 10.2 Å². The first kappa shape index (κ1) is 13.7. The summed E-state index contributed by atoms with van der Waals surface area (Å²) in [5.74, 6) is 0.878. The molecule has 0 aliphatic heterocycles. The summed E-state index contributed by atoms with van der Waals surface area (Å²) in [6, 6.07) is 6.85. The minimum atomic E-state index is -0.252. The summed E-state index contributed by atoms with van der Waals surface area (Å²) >= 11 is 0. The Morgan fingerprint density at radius 2 is 2.05 bits per heavy atom. The predicted molar refractivity (Wildman–Crippen MR) is 70.3 cm³/mol. The molecule has 0 saturated carbocycles. The summed E-state index contributed by atoms with van der Waals surface area (Å²) in [6.45, 7) is 4.98. The van der Waals surface area contributed by atoms with Gasteiger partial charge < -0.3 is 9.73 Å². The summed E-state index contributed by atoms with van der Waals surface area (Å²) in [6.07, 6.45) is 1.16. The van der Waals surface area contributed by atoms with Crippen LogP contribution in [0.15, 0.2) is 28.7 Å². The Labute approximate surface area is 112 Å². The van der Waals surface area contributed by atoms with E-state index < -0.39 is 0 Å². The molecule has 0 atom stereocenters. The van der Waals surface area contributed by atoms with Gasteiger partial charge in [0.25, 0.3) is 0 Å². The second-order valence-corrected chi connectivity index (χ2v) is 4.76. The van der Waals surface area contributed by atoms with Gasteiger partial charge in [0.2, 0.25) is 11.8 Å². The first-order valence-corrected chi connectivity index (χ1v) is 6.42. The quantitative estimate of drug-likeness (QED) is 0.869. The Morgan fingerprint density at radius 3 is 2.79 bits per heavy atom. The maximum Gasteiger partial charge on any atom is 0.220 e. The van der Waals surface area contributed by atoms with Crippen molar-refractivity contribution in [1.82, 2.24) is 15.5 Å². The number of halogens is 1. The van der Waals surface area contributed by atoms with Crippen LogP contribution in [0.4, 0.5) is 4.39 Å². The van der Waals surface area contributed by atoms with E-state index in [-0.39, 0.29) is 5.82 Å². The van der Waals surface area contributed by atoms with Crippen LogP contribution in [-0.2, 0) is 12.8 Å². The van der Waals surface area contributed by atoms with Crippen molar-refractivity contribution in [2.45, 2.75) is 32.7 Å². The van der Waals surface area contributed by atoms with Gasteiger partial charge in [-0.3, -0.25) is 0 Å². The molecule has 0 spiro atoms. The molecule has 102 valence electrons. The van der Waals surface area contributed by atoms with E-state index in [1.54, 1.807) is 6.07 Å². The van der Waals surface area contributed by atoms with Gasteiger partial charge in [0.1, 0.15) is 5.82 Å². The lowest BCUT2D eigenvalue weighted by atomic mass is 10.1. The lowest BCUT2D eigenvalue weighted by molar-refractivity contribution is 0.446. The number of aromatic nitrogens is 2. The van der Waals surface area contributed by atoms with Crippen LogP contribution in [0.3, 0.4) is 0 Å². The van der Waals surface area contributed by atoms with E-state index in [9.17, 15) is 4.39 Å². The monoisotopic (exact) mass is 263 g/mol. The molecule has 0 aliphatic rings. The van der Waals surface area contributed by atoms with Crippen LogP contribution in [0.25, 0.3) is 0 Å². The summed E-state index contributed by atoms with van der Waals surface area (Å²) in [5, 5.41) is 11.2. The lowest BCUT2D eigenvalue weighted by Crippen LogP contribution is -2.25. The molecule has 0 fully saturated rings. The zero-order valence-electron chi connectivity index (χ0n) is 11.2. The number of hydrogen-bond acceptors (Lipinski definition) is 4. The molecule has 1 aromatic heterocycles. The Kier molecular flexibility index (Phi) is 4.63. The fraction of sp³-hybridized carbons (Fsp3) is 0.429. The normalized spacial score (nSPS) is 11.2. The molecular weight excluding hydrogens is 245 g/mol. The zero-order chi connectivity index (χ0) is 13.7. The van der Waals surface area contributed by atoms with Gasteiger partial charge in [-0.05, 0) is 17.7 Å². The Bertz CT molecular complexity index is 525. The maximum absolute atomic E-state index is 13.0. The molecular formula is C14H18FN3O. The SMILES string of the molecule is CC(C)NCCc1nnc(Cc2cccc(F)c2)o1. The second kappa shape index (κ2) is 6.43. The molecule has 2 aromatic rings. The average Bonchev–Trinajstić information content (AvgIpc) is 2.76. The van der Waals surface area contributed by atoms with Crippen molar-refractivity contribution in [3.8, 4) is 0 Å². The molecule has 1 aromatic carbocycles. The molecule has 0 unspecified atom stereocenters. The third-order valence-corrected chi connectivity index (χ3v) is 2.64. The molecule has 0 amide bonds. The van der Waals surface area contributed by atoms with E-state index in [0.717, 1.165) is 12.1 Å². The highest BCUT2D eigenvalue weighted by Gasteiger charge is 2.07. The van der Waals surface area contributed by atoms with Crippen molar-refractivity contribution < 1.29 is 8.81 Å². The van der Waals surface area contributed by atoms with Gasteiger partial charge in [0.15, 0.2) is 0 Å². The fourth-order valence-corrected chi connectivity index (χ4v) is 1.75. The van der Waals surface area contributed by atoms with Crippen LogP contribution in [0.5, 0.6) is 0 Å². The molecule has 0 radical (unpaired) electrons. The van der Waals surface area contributed by atoms with Crippen molar-refractivity contribution in [3.63, 3.8) is 0 Å². The van der Waals surface area contributed by atoms with Gasteiger partial charge in [-0.1, -0.05) is 26.0 Å². The van der Waals surface area contributed by atoms with Crippen LogP contribution in [0.1, 0.15) is 31.2 Å². The minimum absolute atomic E-state index is 0.252. The number of rotatable bonds is 6. The molecule has 4 nitrogen and oxygen atoms in total. The van der Waals surface area contributed by atoms with Crippen LogP contribution < -0.4 is 5.32 Å². The molecule has 1 N–H and O–H groups in total. The lowest BCUT2D eigenvalue weighted by Gasteiger charge is -2.04. The van der Waals surface area contributed by atoms with E-state index in [4.69, 9.17) is 4.42 Å². The third kappa shape index (κ3) is 4.44. The second-order valence-electron chi connectivity index (χ2n) is 4.76. The fourth-order valence-electron chi connectivity index (χ4n) is 1.75. The Balaban J connectivity index is 1.90. The summed E-state index contributed by atoms with van der Waals surface area (Å²) < 4.78 is 18.6.